The fourth-order valence-corrected chi connectivity index (χ4v) is 3.25. The molecule has 0 atom stereocenters. The summed E-state index contributed by atoms with van der Waals surface area (Å²) in [5, 5.41) is 3.99. The van der Waals surface area contributed by atoms with Crippen molar-refractivity contribution < 1.29 is 8.42 Å². The molecule has 0 unspecified atom stereocenters. The second-order valence-electron chi connectivity index (χ2n) is 5.25. The second-order valence-corrected chi connectivity index (χ2v) is 7.84. The van der Waals surface area contributed by atoms with Crippen molar-refractivity contribution in [1.82, 2.24) is 4.31 Å². The van der Waals surface area contributed by atoms with E-state index in [0.29, 0.717) is 16.5 Å². The maximum absolute atomic E-state index is 12.1. The van der Waals surface area contributed by atoms with Gasteiger partial charge in [-0.05, 0) is 48.4 Å². The van der Waals surface area contributed by atoms with Gasteiger partial charge in [0.15, 0.2) is 0 Å². The zero-order valence-electron chi connectivity index (χ0n) is 12.8. The molecule has 0 saturated heterocycles. The average Bonchev–Trinajstić information content (AvgIpc) is 2.46. The lowest BCUT2D eigenvalue weighted by atomic mass is 10.2. The molecule has 4 nitrogen and oxygen atoms in total. The van der Waals surface area contributed by atoms with Crippen LogP contribution in [-0.2, 0) is 16.6 Å². The van der Waals surface area contributed by atoms with Crippen LogP contribution in [0.1, 0.15) is 11.1 Å². The maximum Gasteiger partial charge on any atom is 0.242 e. The minimum Gasteiger partial charge on any atom is -0.381 e. The van der Waals surface area contributed by atoms with E-state index in [4.69, 9.17) is 11.6 Å². The molecule has 0 aliphatic rings. The molecule has 0 heterocycles. The molecule has 0 bridgehead atoms. The van der Waals surface area contributed by atoms with E-state index in [-0.39, 0.29) is 0 Å². The van der Waals surface area contributed by atoms with Gasteiger partial charge < -0.3 is 5.32 Å². The van der Waals surface area contributed by atoms with Gasteiger partial charge in [0.1, 0.15) is 0 Å². The van der Waals surface area contributed by atoms with E-state index in [1.807, 2.05) is 31.2 Å². The highest BCUT2D eigenvalue weighted by molar-refractivity contribution is 7.89. The van der Waals surface area contributed by atoms with Crippen molar-refractivity contribution in [2.75, 3.05) is 19.4 Å². The first-order valence-electron chi connectivity index (χ1n) is 6.82. The first-order chi connectivity index (χ1) is 10.3. The van der Waals surface area contributed by atoms with E-state index in [0.717, 1.165) is 16.8 Å². The zero-order chi connectivity index (χ0) is 16.3. The molecule has 0 saturated carbocycles. The molecule has 0 amide bonds. The van der Waals surface area contributed by atoms with E-state index < -0.39 is 10.0 Å². The third-order valence-electron chi connectivity index (χ3n) is 3.35. The normalized spacial score (nSPS) is 11.7. The van der Waals surface area contributed by atoms with Crippen LogP contribution in [0.3, 0.4) is 0 Å². The minimum absolute atomic E-state index is 0.296. The Kier molecular flexibility index (Phi) is 5.11. The molecule has 0 radical (unpaired) electrons. The molecule has 118 valence electrons. The highest BCUT2D eigenvalue weighted by Crippen LogP contribution is 2.21. The van der Waals surface area contributed by atoms with Crippen LogP contribution in [0.15, 0.2) is 47.4 Å². The van der Waals surface area contributed by atoms with E-state index in [1.54, 1.807) is 18.2 Å². The largest absolute Gasteiger partial charge is 0.381 e. The molecule has 2 aromatic rings. The topological polar surface area (TPSA) is 49.4 Å². The molecule has 1 N–H and O–H groups in total. The maximum atomic E-state index is 12.1. The Morgan fingerprint density at radius 1 is 1.14 bits per heavy atom. The van der Waals surface area contributed by atoms with Gasteiger partial charge >= 0.3 is 0 Å². The van der Waals surface area contributed by atoms with Crippen LogP contribution in [0, 0.1) is 6.92 Å². The lowest BCUT2D eigenvalue weighted by Crippen LogP contribution is -2.22. The number of sulfonamides is 1. The van der Waals surface area contributed by atoms with Gasteiger partial charge in [-0.2, -0.15) is 0 Å². The Labute approximate surface area is 136 Å². The van der Waals surface area contributed by atoms with Gasteiger partial charge in [-0.25, -0.2) is 12.7 Å². The summed E-state index contributed by atoms with van der Waals surface area (Å²) in [7, 11) is -0.358. The molecule has 0 aliphatic carbocycles. The van der Waals surface area contributed by atoms with E-state index in [2.05, 4.69) is 5.32 Å². The van der Waals surface area contributed by atoms with Crippen LogP contribution < -0.4 is 5.32 Å². The lowest BCUT2D eigenvalue weighted by molar-refractivity contribution is 0.520. The number of hydrogen-bond donors (Lipinski definition) is 1. The smallest absolute Gasteiger partial charge is 0.242 e. The summed E-state index contributed by atoms with van der Waals surface area (Å²) in [5.74, 6) is 0. The molecule has 0 spiro atoms. The Balaban J connectivity index is 2.18. The van der Waals surface area contributed by atoms with Crippen molar-refractivity contribution in [3.63, 3.8) is 0 Å². The Bertz CT molecular complexity index is 773. The summed E-state index contributed by atoms with van der Waals surface area (Å²) in [6.07, 6.45) is 0. The average molecular weight is 339 g/mol. The van der Waals surface area contributed by atoms with Gasteiger partial charge in [0.2, 0.25) is 10.0 Å². The molecule has 2 rings (SSSR count). The van der Waals surface area contributed by atoms with Crippen LogP contribution in [0.2, 0.25) is 5.02 Å². The predicted molar refractivity (Wildman–Crippen MR) is 90.8 cm³/mol. The summed E-state index contributed by atoms with van der Waals surface area (Å²) in [6.45, 7) is 2.51. The van der Waals surface area contributed by atoms with Crippen molar-refractivity contribution in [2.45, 2.75) is 18.4 Å². The number of halogens is 1. The summed E-state index contributed by atoms with van der Waals surface area (Å²) in [6, 6.07) is 12.6. The molecule has 2 aromatic carbocycles. The van der Waals surface area contributed by atoms with E-state index >= 15 is 0 Å². The first-order valence-corrected chi connectivity index (χ1v) is 8.64. The van der Waals surface area contributed by atoms with Crippen LogP contribution in [0.5, 0.6) is 0 Å². The van der Waals surface area contributed by atoms with Gasteiger partial charge in [0.25, 0.3) is 0 Å². The molecule has 0 aromatic heterocycles. The minimum atomic E-state index is -3.41. The van der Waals surface area contributed by atoms with Gasteiger partial charge in [-0.1, -0.05) is 23.7 Å². The van der Waals surface area contributed by atoms with Gasteiger partial charge in [0, 0.05) is 31.4 Å². The van der Waals surface area contributed by atoms with Gasteiger partial charge in [-0.3, -0.25) is 0 Å². The molecule has 0 fully saturated rings. The third kappa shape index (κ3) is 3.80. The van der Waals surface area contributed by atoms with Crippen molar-refractivity contribution >= 4 is 27.3 Å². The summed E-state index contributed by atoms with van der Waals surface area (Å²) < 4.78 is 25.5. The van der Waals surface area contributed by atoms with Crippen molar-refractivity contribution in [1.29, 1.82) is 0 Å². The lowest BCUT2D eigenvalue weighted by Gasteiger charge is -2.13. The van der Waals surface area contributed by atoms with Gasteiger partial charge in [-0.15, -0.1) is 0 Å². The molecule has 22 heavy (non-hydrogen) atoms. The fourth-order valence-electron chi connectivity index (χ4n) is 2.05. The highest BCUT2D eigenvalue weighted by atomic mass is 35.5. The van der Waals surface area contributed by atoms with Crippen molar-refractivity contribution in [3.05, 3.63) is 58.6 Å². The van der Waals surface area contributed by atoms with Crippen LogP contribution in [0.4, 0.5) is 5.69 Å². The van der Waals surface area contributed by atoms with Crippen LogP contribution in [-0.4, -0.2) is 26.8 Å². The van der Waals surface area contributed by atoms with Crippen LogP contribution >= 0.6 is 11.6 Å². The van der Waals surface area contributed by atoms with Gasteiger partial charge in [0.05, 0.1) is 4.90 Å². The standard InChI is InChI=1S/C16H19ClN2O2S/c1-12-9-14(17)7-8-16(12)18-11-13-5-4-6-15(10-13)22(20,21)19(2)3/h4-10,18H,11H2,1-3H3. The number of aryl methyl sites for hydroxylation is 1. The number of anilines is 1. The Morgan fingerprint density at radius 3 is 2.50 bits per heavy atom. The number of nitrogens with zero attached hydrogens (tertiary/aromatic N) is 1. The summed E-state index contributed by atoms with van der Waals surface area (Å²) in [5.41, 5.74) is 2.92. The van der Waals surface area contributed by atoms with E-state index in [9.17, 15) is 8.42 Å². The van der Waals surface area contributed by atoms with E-state index in [1.165, 1.54) is 18.4 Å². The Hall–Kier alpha value is -1.56. The highest BCUT2D eigenvalue weighted by Gasteiger charge is 2.17. The Morgan fingerprint density at radius 2 is 1.86 bits per heavy atom. The number of benzene rings is 2. The molecular formula is C16H19ClN2O2S. The van der Waals surface area contributed by atoms with Crippen molar-refractivity contribution in [3.8, 4) is 0 Å². The number of rotatable bonds is 5. The fraction of sp³-hybridized carbons (Fsp3) is 0.250. The molecule has 6 heteroatoms. The zero-order valence-corrected chi connectivity index (χ0v) is 14.4. The molecular weight excluding hydrogens is 320 g/mol. The second kappa shape index (κ2) is 6.69. The predicted octanol–water partition coefficient (Wildman–Crippen LogP) is 3.51. The SMILES string of the molecule is Cc1cc(Cl)ccc1NCc1cccc(S(=O)(=O)N(C)C)c1. The summed E-state index contributed by atoms with van der Waals surface area (Å²) in [4.78, 5) is 0.296. The monoisotopic (exact) mass is 338 g/mol. The quantitative estimate of drug-likeness (QED) is 0.907. The van der Waals surface area contributed by atoms with Crippen molar-refractivity contribution in [2.24, 2.45) is 0 Å². The number of nitrogens with one attached hydrogen (secondary N) is 1. The third-order valence-corrected chi connectivity index (χ3v) is 5.39. The van der Waals surface area contributed by atoms with Crippen LogP contribution in [0.25, 0.3) is 0 Å². The summed E-state index contributed by atoms with van der Waals surface area (Å²) >= 11 is 5.94. The number of hydrogen-bond acceptors (Lipinski definition) is 3. The first kappa shape index (κ1) is 16.8. The molecule has 0 aliphatic heterocycles.